The lowest BCUT2D eigenvalue weighted by molar-refractivity contribution is -0.128. The third-order valence-electron chi connectivity index (χ3n) is 6.33. The van der Waals surface area contributed by atoms with Gasteiger partial charge in [-0.3, -0.25) is 24.1 Å². The molecule has 0 saturated heterocycles. The summed E-state index contributed by atoms with van der Waals surface area (Å²) in [5.41, 5.74) is 0.709. The maximum atomic E-state index is 13.8. The van der Waals surface area contributed by atoms with Crippen molar-refractivity contribution in [2.75, 3.05) is 10.2 Å². The molecular weight excluding hydrogens is 520 g/mol. The molecule has 0 radical (unpaired) electrons. The first-order valence-electron chi connectivity index (χ1n) is 12.6. The van der Waals surface area contributed by atoms with Crippen LogP contribution in [0.1, 0.15) is 74.7 Å². The van der Waals surface area contributed by atoms with Gasteiger partial charge in [0.2, 0.25) is 17.7 Å². The van der Waals surface area contributed by atoms with Crippen LogP contribution in [0.3, 0.4) is 0 Å². The van der Waals surface area contributed by atoms with Gasteiger partial charge < -0.3 is 15.2 Å². The van der Waals surface area contributed by atoms with Crippen molar-refractivity contribution in [2.45, 2.75) is 65.5 Å². The molecule has 2 N–H and O–H groups in total. The molecule has 0 bridgehead atoms. The van der Waals surface area contributed by atoms with Gasteiger partial charge >= 0.3 is 0 Å². The smallest absolute Gasteiger partial charge is 0.248 e. The molecular formula is C29H33ClN4O5. The Morgan fingerprint density at radius 2 is 1.72 bits per heavy atom. The van der Waals surface area contributed by atoms with Crippen molar-refractivity contribution in [3.63, 3.8) is 0 Å². The van der Waals surface area contributed by atoms with Crippen LogP contribution < -0.4 is 15.5 Å². The highest BCUT2D eigenvalue weighted by Crippen LogP contribution is 2.33. The van der Waals surface area contributed by atoms with Gasteiger partial charge in [-0.1, -0.05) is 41.9 Å². The quantitative estimate of drug-likeness (QED) is 0.297. The van der Waals surface area contributed by atoms with Crippen LogP contribution in [-0.4, -0.2) is 34.2 Å². The summed E-state index contributed by atoms with van der Waals surface area (Å²) in [7, 11) is 0. The lowest BCUT2D eigenvalue weighted by atomic mass is 9.97. The van der Waals surface area contributed by atoms with E-state index in [0.717, 1.165) is 0 Å². The molecule has 0 aliphatic rings. The Hall–Kier alpha value is -3.98. The molecule has 0 aliphatic heterocycles. The fraction of sp³-hybridized carbons (Fsp3) is 0.345. The third-order valence-corrected chi connectivity index (χ3v) is 6.68. The molecule has 10 heteroatoms. The summed E-state index contributed by atoms with van der Waals surface area (Å²) < 4.78 is 4.96. The fourth-order valence-electron chi connectivity index (χ4n) is 3.85. The normalized spacial score (nSPS) is 11.9. The molecule has 39 heavy (non-hydrogen) atoms. The second kappa shape index (κ2) is 12.7. The predicted octanol–water partition coefficient (Wildman–Crippen LogP) is 5.64. The second-order valence-corrected chi connectivity index (χ2v) is 10.3. The number of benzene rings is 2. The van der Waals surface area contributed by atoms with E-state index >= 15 is 0 Å². The average molecular weight is 553 g/mol. The monoisotopic (exact) mass is 552 g/mol. The number of ketones is 1. The third kappa shape index (κ3) is 7.77. The van der Waals surface area contributed by atoms with Gasteiger partial charge in [0, 0.05) is 46.3 Å². The van der Waals surface area contributed by atoms with Crippen molar-refractivity contribution in [1.82, 2.24) is 10.5 Å². The van der Waals surface area contributed by atoms with Gasteiger partial charge in [0.15, 0.2) is 11.6 Å². The number of nitrogens with zero attached hydrogens (tertiary/aromatic N) is 2. The molecule has 1 heterocycles. The van der Waals surface area contributed by atoms with Gasteiger partial charge in [-0.2, -0.15) is 0 Å². The number of aryl methyl sites for hydroxylation is 1. The molecule has 0 spiro atoms. The van der Waals surface area contributed by atoms with Crippen molar-refractivity contribution in [3.8, 4) is 0 Å². The number of halogens is 1. The summed E-state index contributed by atoms with van der Waals surface area (Å²) in [6.45, 7) is 8.86. The Balaban J connectivity index is 2.01. The van der Waals surface area contributed by atoms with Gasteiger partial charge in [0.1, 0.15) is 11.8 Å². The standard InChI is InChI=1S/C29H33ClN4O5/c1-6-29(4,5)32-28(38)27(22-9-7-8-10-23(22)30)34(21-13-11-20(12-14-21)19(3)35)26(37)16-15-25(36)31-24-17-18(2)39-33-24/h7-14,17,27H,6,15-16H2,1-5H3,(H,32,38)(H,31,33,36)/t27-/m1/s1. The molecule has 3 aromatic rings. The summed E-state index contributed by atoms with van der Waals surface area (Å²) in [5, 5.41) is 9.66. The number of Topliss-reactive ketones (excluding diaryl/α,β-unsaturated/α-hetero) is 1. The highest BCUT2D eigenvalue weighted by Gasteiger charge is 2.36. The van der Waals surface area contributed by atoms with Crippen LogP contribution in [0.15, 0.2) is 59.1 Å². The summed E-state index contributed by atoms with van der Waals surface area (Å²) in [5.74, 6) is -0.700. The van der Waals surface area contributed by atoms with Crippen LogP contribution in [-0.2, 0) is 14.4 Å². The predicted molar refractivity (Wildman–Crippen MR) is 150 cm³/mol. The van der Waals surface area contributed by atoms with E-state index in [2.05, 4.69) is 15.8 Å². The van der Waals surface area contributed by atoms with Gasteiger partial charge in [0.05, 0.1) is 0 Å². The average Bonchev–Trinajstić information content (AvgIpc) is 3.30. The summed E-state index contributed by atoms with van der Waals surface area (Å²) in [6.07, 6.45) is 0.281. The van der Waals surface area contributed by atoms with E-state index in [1.165, 1.54) is 11.8 Å². The Morgan fingerprint density at radius 3 is 2.28 bits per heavy atom. The number of carbonyl (C=O) groups excluding carboxylic acids is 4. The topological polar surface area (TPSA) is 122 Å². The molecule has 0 aliphatic carbocycles. The number of amides is 3. The van der Waals surface area contributed by atoms with Gasteiger partial charge in [0.25, 0.3) is 0 Å². The highest BCUT2D eigenvalue weighted by molar-refractivity contribution is 6.31. The molecule has 2 aromatic carbocycles. The number of aromatic nitrogens is 1. The van der Waals surface area contributed by atoms with E-state index in [4.69, 9.17) is 16.1 Å². The van der Waals surface area contributed by atoms with Crippen molar-refractivity contribution in [2.24, 2.45) is 0 Å². The van der Waals surface area contributed by atoms with E-state index in [1.54, 1.807) is 61.5 Å². The van der Waals surface area contributed by atoms with E-state index in [9.17, 15) is 19.2 Å². The van der Waals surface area contributed by atoms with Crippen molar-refractivity contribution < 1.29 is 23.7 Å². The van der Waals surface area contributed by atoms with E-state index in [1.807, 2.05) is 20.8 Å². The number of anilines is 2. The number of rotatable bonds is 11. The lowest BCUT2D eigenvalue weighted by Crippen LogP contribution is -2.50. The molecule has 9 nitrogen and oxygen atoms in total. The Kier molecular flexibility index (Phi) is 9.64. The van der Waals surface area contributed by atoms with Crippen LogP contribution in [0.5, 0.6) is 0 Å². The molecule has 0 unspecified atom stereocenters. The molecule has 1 aromatic heterocycles. The Bertz CT molecular complexity index is 1350. The van der Waals surface area contributed by atoms with E-state index in [-0.39, 0.29) is 24.4 Å². The first-order valence-corrected chi connectivity index (χ1v) is 13.0. The largest absolute Gasteiger partial charge is 0.360 e. The molecule has 3 rings (SSSR count). The molecule has 0 fully saturated rings. The number of hydrogen-bond donors (Lipinski definition) is 2. The van der Waals surface area contributed by atoms with Crippen molar-refractivity contribution in [1.29, 1.82) is 0 Å². The Morgan fingerprint density at radius 1 is 1.05 bits per heavy atom. The second-order valence-electron chi connectivity index (χ2n) is 9.89. The molecule has 206 valence electrons. The minimum absolute atomic E-state index is 0.135. The van der Waals surface area contributed by atoms with Gasteiger partial charge in [-0.05, 0) is 64.4 Å². The van der Waals surface area contributed by atoms with Crippen LogP contribution in [0, 0.1) is 6.92 Å². The fourth-order valence-corrected chi connectivity index (χ4v) is 4.09. The minimum Gasteiger partial charge on any atom is -0.360 e. The van der Waals surface area contributed by atoms with E-state index < -0.39 is 29.3 Å². The maximum absolute atomic E-state index is 13.8. The summed E-state index contributed by atoms with van der Waals surface area (Å²) in [4.78, 5) is 53.4. The number of carbonyl (C=O) groups is 4. The highest BCUT2D eigenvalue weighted by atomic mass is 35.5. The van der Waals surface area contributed by atoms with Gasteiger partial charge in [-0.15, -0.1) is 0 Å². The Labute approximate surface area is 232 Å². The first-order chi connectivity index (χ1) is 18.4. The van der Waals surface area contributed by atoms with Crippen molar-refractivity contribution in [3.05, 3.63) is 76.5 Å². The summed E-state index contributed by atoms with van der Waals surface area (Å²) >= 11 is 6.55. The zero-order valence-corrected chi connectivity index (χ0v) is 23.5. The lowest BCUT2D eigenvalue weighted by Gasteiger charge is -2.35. The van der Waals surface area contributed by atoms with Crippen LogP contribution in [0.25, 0.3) is 0 Å². The SMILES string of the molecule is CCC(C)(C)NC(=O)[C@@H](c1ccccc1Cl)N(C(=O)CCC(=O)Nc1cc(C)on1)c1ccc(C(C)=O)cc1. The van der Waals surface area contributed by atoms with Crippen molar-refractivity contribution >= 4 is 46.6 Å². The van der Waals surface area contributed by atoms with Gasteiger partial charge in [-0.25, -0.2) is 0 Å². The van der Waals surface area contributed by atoms with Crippen LogP contribution in [0.4, 0.5) is 11.5 Å². The van der Waals surface area contributed by atoms with E-state index in [0.29, 0.717) is 34.0 Å². The number of nitrogens with one attached hydrogen (secondary N) is 2. The number of hydrogen-bond acceptors (Lipinski definition) is 6. The zero-order valence-electron chi connectivity index (χ0n) is 22.7. The maximum Gasteiger partial charge on any atom is 0.248 e. The zero-order chi connectivity index (χ0) is 28.7. The first kappa shape index (κ1) is 29.6. The molecule has 1 atom stereocenters. The molecule has 3 amide bonds. The van der Waals surface area contributed by atoms with Crippen LogP contribution >= 0.6 is 11.6 Å². The summed E-state index contributed by atoms with van der Waals surface area (Å²) in [6, 6.07) is 13.6. The van der Waals surface area contributed by atoms with Crippen LogP contribution in [0.2, 0.25) is 5.02 Å². The minimum atomic E-state index is -1.14. The molecule has 0 saturated carbocycles.